The zero-order valence-electron chi connectivity index (χ0n) is 13.8. The summed E-state index contributed by atoms with van der Waals surface area (Å²) >= 11 is 0. The highest BCUT2D eigenvalue weighted by Gasteiger charge is 2.27. The third-order valence-corrected chi connectivity index (χ3v) is 4.83. The maximum absolute atomic E-state index is 10.9. The average molecular weight is 331 g/mol. The van der Waals surface area contributed by atoms with Gasteiger partial charge in [0, 0.05) is 24.7 Å². The van der Waals surface area contributed by atoms with E-state index in [1.165, 1.54) is 56.3 Å². The molecule has 24 heavy (non-hydrogen) atoms. The molecule has 1 saturated heterocycles. The Labute approximate surface area is 142 Å². The van der Waals surface area contributed by atoms with Crippen molar-refractivity contribution in [2.75, 3.05) is 18.4 Å². The molecular weight excluding hydrogens is 306 g/mol. The number of rotatable bonds is 5. The topological polar surface area (TPSA) is 90.4 Å². The summed E-state index contributed by atoms with van der Waals surface area (Å²) in [7, 11) is 0. The zero-order chi connectivity index (χ0) is 16.8. The minimum absolute atomic E-state index is 0.412. The van der Waals surface area contributed by atoms with Gasteiger partial charge in [0.1, 0.15) is 5.82 Å². The number of nitrogens with zero attached hydrogens (tertiary/aromatic N) is 3. The van der Waals surface area contributed by atoms with Gasteiger partial charge < -0.3 is 5.32 Å². The molecule has 0 radical (unpaired) electrons. The second kappa shape index (κ2) is 8.21. The van der Waals surface area contributed by atoms with Crippen LogP contribution in [0, 0.1) is 0 Å². The van der Waals surface area contributed by atoms with Crippen LogP contribution < -0.4 is 10.8 Å². The summed E-state index contributed by atoms with van der Waals surface area (Å²) in [6, 6.07) is 1.18. The van der Waals surface area contributed by atoms with E-state index in [1.54, 1.807) is 12.4 Å². The molecule has 1 aromatic rings. The van der Waals surface area contributed by atoms with E-state index < -0.39 is 5.91 Å². The van der Waals surface area contributed by atoms with Crippen LogP contribution in [0.3, 0.4) is 0 Å². The molecule has 7 heteroatoms. The fourth-order valence-electron chi connectivity index (χ4n) is 3.63. The van der Waals surface area contributed by atoms with Crippen LogP contribution in [0.1, 0.15) is 44.2 Å². The van der Waals surface area contributed by atoms with Gasteiger partial charge in [0.25, 0.3) is 5.91 Å². The molecule has 0 unspecified atom stereocenters. The fourth-order valence-corrected chi connectivity index (χ4v) is 3.63. The predicted octanol–water partition coefficient (Wildman–Crippen LogP) is 1.81. The minimum atomic E-state index is -0.590. The third kappa shape index (κ3) is 4.52. The largest absolute Gasteiger partial charge is 0.365 e. The van der Waals surface area contributed by atoms with E-state index in [-0.39, 0.29) is 0 Å². The predicted molar refractivity (Wildman–Crippen MR) is 91.5 cm³/mol. The van der Waals surface area contributed by atoms with E-state index in [2.05, 4.69) is 20.2 Å². The van der Waals surface area contributed by atoms with Crippen LogP contribution in [-0.4, -0.2) is 51.2 Å². The Bertz CT molecular complexity index is 569. The smallest absolute Gasteiger partial charge is 0.267 e. The minimum Gasteiger partial charge on any atom is -0.365 e. The van der Waals surface area contributed by atoms with Gasteiger partial charge in [0.15, 0.2) is 0 Å². The van der Waals surface area contributed by atoms with E-state index in [4.69, 9.17) is 5.21 Å². The summed E-state index contributed by atoms with van der Waals surface area (Å²) in [6.07, 6.45) is 13.8. The van der Waals surface area contributed by atoms with E-state index in [1.807, 2.05) is 0 Å². The molecule has 1 aliphatic heterocycles. The van der Waals surface area contributed by atoms with Crippen LogP contribution in [0.15, 0.2) is 18.5 Å². The second-order valence-corrected chi connectivity index (χ2v) is 6.55. The standard InChI is InChI=1S/C17H25N5O2/c23-17(21-24)8-7-13-10-19-16(11-18-13)20-14-4-3-9-22(12-14)15-5-1-2-6-15/h7-8,10-11,14-15,24H,1-6,9,12H2,(H,19,20)(H,21,23)/t14-/m1/s1. The quantitative estimate of drug-likeness (QED) is 0.433. The monoisotopic (exact) mass is 331 g/mol. The highest BCUT2D eigenvalue weighted by Crippen LogP contribution is 2.26. The molecule has 2 heterocycles. The van der Waals surface area contributed by atoms with Gasteiger partial charge in [0.2, 0.25) is 0 Å². The molecule has 0 bridgehead atoms. The maximum Gasteiger partial charge on any atom is 0.267 e. The molecule has 1 amide bonds. The van der Waals surface area contributed by atoms with Crippen molar-refractivity contribution in [1.29, 1.82) is 0 Å². The van der Waals surface area contributed by atoms with Gasteiger partial charge in [-0.25, -0.2) is 10.5 Å². The first-order chi connectivity index (χ1) is 11.7. The van der Waals surface area contributed by atoms with Gasteiger partial charge in [0.05, 0.1) is 18.1 Å². The zero-order valence-corrected chi connectivity index (χ0v) is 13.8. The average Bonchev–Trinajstić information content (AvgIpc) is 3.16. The number of nitrogens with one attached hydrogen (secondary N) is 2. The lowest BCUT2D eigenvalue weighted by Crippen LogP contribution is -2.46. The molecule has 2 aliphatic rings. The fraction of sp³-hybridized carbons (Fsp3) is 0.588. The molecule has 130 valence electrons. The van der Waals surface area contributed by atoms with Gasteiger partial charge in [-0.2, -0.15) is 0 Å². The van der Waals surface area contributed by atoms with Gasteiger partial charge in [-0.3, -0.25) is 19.9 Å². The summed E-state index contributed by atoms with van der Waals surface area (Å²) in [5.74, 6) is 0.172. The van der Waals surface area contributed by atoms with E-state index in [0.29, 0.717) is 11.7 Å². The Morgan fingerprint density at radius 2 is 2.04 bits per heavy atom. The molecule has 2 fully saturated rings. The molecule has 0 spiro atoms. The first-order valence-electron chi connectivity index (χ1n) is 8.69. The number of hydroxylamine groups is 1. The first-order valence-corrected chi connectivity index (χ1v) is 8.69. The molecule has 1 aliphatic carbocycles. The number of likely N-dealkylation sites (tertiary alicyclic amines) is 1. The van der Waals surface area contributed by atoms with Crippen molar-refractivity contribution in [1.82, 2.24) is 20.3 Å². The van der Waals surface area contributed by atoms with E-state index in [9.17, 15) is 4.79 Å². The number of piperidine rings is 1. The number of carbonyl (C=O) groups excluding carboxylic acids is 1. The number of carbonyl (C=O) groups is 1. The van der Waals surface area contributed by atoms with Crippen LogP contribution in [0.4, 0.5) is 5.82 Å². The van der Waals surface area contributed by atoms with Gasteiger partial charge in [-0.05, 0) is 38.3 Å². The molecule has 0 aromatic carbocycles. The molecular formula is C17H25N5O2. The number of anilines is 1. The lowest BCUT2D eigenvalue weighted by atomic mass is 10.0. The van der Waals surface area contributed by atoms with Gasteiger partial charge in [-0.15, -0.1) is 0 Å². The van der Waals surface area contributed by atoms with Crippen molar-refractivity contribution in [3.63, 3.8) is 0 Å². The summed E-state index contributed by atoms with van der Waals surface area (Å²) in [6.45, 7) is 2.29. The molecule has 7 nitrogen and oxygen atoms in total. The van der Waals surface area contributed by atoms with E-state index >= 15 is 0 Å². The summed E-state index contributed by atoms with van der Waals surface area (Å²) in [5.41, 5.74) is 2.11. The van der Waals surface area contributed by atoms with Crippen molar-refractivity contribution < 1.29 is 10.0 Å². The van der Waals surface area contributed by atoms with Crippen LogP contribution in [-0.2, 0) is 4.79 Å². The normalized spacial score (nSPS) is 22.8. The van der Waals surface area contributed by atoms with E-state index in [0.717, 1.165) is 24.8 Å². The van der Waals surface area contributed by atoms with Crippen LogP contribution in [0.25, 0.3) is 6.08 Å². The van der Waals surface area contributed by atoms with Gasteiger partial charge >= 0.3 is 0 Å². The Kier molecular flexibility index (Phi) is 5.77. The Balaban J connectivity index is 1.53. The van der Waals surface area contributed by atoms with Crippen LogP contribution in [0.2, 0.25) is 0 Å². The third-order valence-electron chi connectivity index (χ3n) is 4.83. The molecule has 1 atom stereocenters. The number of hydrogen-bond donors (Lipinski definition) is 3. The van der Waals surface area contributed by atoms with Crippen molar-refractivity contribution in [2.24, 2.45) is 0 Å². The Morgan fingerprint density at radius 1 is 1.21 bits per heavy atom. The summed E-state index contributed by atoms with van der Waals surface area (Å²) in [5, 5.41) is 11.9. The lowest BCUT2D eigenvalue weighted by Gasteiger charge is -2.37. The van der Waals surface area contributed by atoms with Crippen molar-refractivity contribution in [3.8, 4) is 0 Å². The number of hydrogen-bond acceptors (Lipinski definition) is 6. The number of amides is 1. The summed E-state index contributed by atoms with van der Waals surface area (Å²) in [4.78, 5) is 22.2. The highest BCUT2D eigenvalue weighted by molar-refractivity contribution is 5.90. The second-order valence-electron chi connectivity index (χ2n) is 6.55. The van der Waals surface area contributed by atoms with Crippen molar-refractivity contribution in [2.45, 2.75) is 50.6 Å². The highest BCUT2D eigenvalue weighted by atomic mass is 16.5. The van der Waals surface area contributed by atoms with Crippen LogP contribution in [0.5, 0.6) is 0 Å². The summed E-state index contributed by atoms with van der Waals surface area (Å²) < 4.78 is 0. The molecule has 3 rings (SSSR count). The molecule has 3 N–H and O–H groups in total. The number of aromatic nitrogens is 2. The van der Waals surface area contributed by atoms with Crippen molar-refractivity contribution in [3.05, 3.63) is 24.2 Å². The first kappa shape index (κ1) is 16.9. The van der Waals surface area contributed by atoms with Crippen LogP contribution >= 0.6 is 0 Å². The maximum atomic E-state index is 10.9. The molecule has 1 saturated carbocycles. The lowest BCUT2D eigenvalue weighted by molar-refractivity contribution is -0.124. The van der Waals surface area contributed by atoms with Crippen molar-refractivity contribution >= 4 is 17.8 Å². The Morgan fingerprint density at radius 3 is 2.75 bits per heavy atom. The Hall–Kier alpha value is -1.99. The SMILES string of the molecule is O=C(C=Cc1cnc(N[C@@H]2CCCN(C3CCCC3)C2)cn1)NO. The van der Waals surface area contributed by atoms with Gasteiger partial charge in [-0.1, -0.05) is 12.8 Å². The molecule has 1 aromatic heterocycles.